The second-order valence-corrected chi connectivity index (χ2v) is 9.93. The minimum absolute atomic E-state index is 0.183. The third-order valence-corrected chi connectivity index (χ3v) is 5.98. The molecular formula is C27H36N2O4. The van der Waals surface area contributed by atoms with Crippen molar-refractivity contribution in [3.63, 3.8) is 0 Å². The lowest BCUT2D eigenvalue weighted by Gasteiger charge is -2.40. The first-order valence-corrected chi connectivity index (χ1v) is 11.6. The minimum Gasteiger partial charge on any atom is -0.486 e. The van der Waals surface area contributed by atoms with Gasteiger partial charge >= 0.3 is 0 Å². The van der Waals surface area contributed by atoms with Crippen molar-refractivity contribution >= 4 is 11.8 Å². The molecule has 1 heterocycles. The van der Waals surface area contributed by atoms with Crippen LogP contribution in [0.25, 0.3) is 0 Å². The number of ether oxygens (including phenoxy) is 2. The maximum Gasteiger partial charge on any atom is 0.272 e. The van der Waals surface area contributed by atoms with Crippen LogP contribution in [0, 0.1) is 26.2 Å². The quantitative estimate of drug-likeness (QED) is 0.618. The molecule has 2 amide bonds. The van der Waals surface area contributed by atoms with E-state index in [0.29, 0.717) is 41.4 Å². The Kier molecular flexibility index (Phi) is 7.35. The Morgan fingerprint density at radius 3 is 2.27 bits per heavy atom. The molecule has 0 bridgehead atoms. The summed E-state index contributed by atoms with van der Waals surface area (Å²) in [7, 11) is 0. The molecule has 0 spiro atoms. The largest absolute Gasteiger partial charge is 0.486 e. The number of fused-ring (bicyclic) bond motifs is 1. The number of benzene rings is 2. The highest BCUT2D eigenvalue weighted by Crippen LogP contribution is 2.35. The van der Waals surface area contributed by atoms with E-state index in [1.54, 1.807) is 12.1 Å². The molecule has 6 nitrogen and oxygen atoms in total. The van der Waals surface area contributed by atoms with E-state index in [4.69, 9.17) is 9.47 Å². The number of carbonyl (C=O) groups excluding carboxylic acids is 2. The van der Waals surface area contributed by atoms with Gasteiger partial charge in [0.25, 0.3) is 11.8 Å². The second-order valence-electron chi connectivity index (χ2n) is 9.93. The Labute approximate surface area is 197 Å². The molecule has 1 N–H and O–H groups in total. The van der Waals surface area contributed by atoms with Crippen molar-refractivity contribution in [3.8, 4) is 11.5 Å². The van der Waals surface area contributed by atoms with Gasteiger partial charge in [-0.05, 0) is 56.9 Å². The summed E-state index contributed by atoms with van der Waals surface area (Å²) in [5, 5.41) is 1.54. The van der Waals surface area contributed by atoms with Crippen LogP contribution in [0.2, 0.25) is 0 Å². The van der Waals surface area contributed by atoms with Crippen LogP contribution in [-0.4, -0.2) is 36.1 Å². The summed E-state index contributed by atoms with van der Waals surface area (Å²) in [4.78, 5) is 27.2. The van der Waals surface area contributed by atoms with Gasteiger partial charge in [0, 0.05) is 16.7 Å². The van der Waals surface area contributed by atoms with E-state index in [-0.39, 0.29) is 23.3 Å². The number of nitrogens with zero attached hydrogens (tertiary/aromatic N) is 1. The lowest BCUT2D eigenvalue weighted by Crippen LogP contribution is -2.56. The number of hydrazine groups is 1. The number of carbonyl (C=O) groups is 2. The van der Waals surface area contributed by atoms with Crippen molar-refractivity contribution in [1.29, 1.82) is 0 Å². The highest BCUT2D eigenvalue weighted by Gasteiger charge is 2.35. The van der Waals surface area contributed by atoms with Crippen LogP contribution in [0.15, 0.2) is 30.3 Å². The molecule has 2 aromatic rings. The van der Waals surface area contributed by atoms with E-state index in [0.717, 1.165) is 24.0 Å². The van der Waals surface area contributed by atoms with Gasteiger partial charge in [0.15, 0.2) is 11.5 Å². The summed E-state index contributed by atoms with van der Waals surface area (Å²) >= 11 is 0. The molecule has 1 atom stereocenters. The van der Waals surface area contributed by atoms with Gasteiger partial charge in [0.05, 0.1) is 6.04 Å². The van der Waals surface area contributed by atoms with Crippen LogP contribution in [-0.2, 0) is 0 Å². The molecule has 6 heteroatoms. The second kappa shape index (κ2) is 9.86. The normalized spacial score (nSPS) is 13.9. The fourth-order valence-electron chi connectivity index (χ4n) is 4.40. The van der Waals surface area contributed by atoms with Gasteiger partial charge in [-0.3, -0.25) is 15.0 Å². The van der Waals surface area contributed by atoms with Crippen LogP contribution in [0.4, 0.5) is 0 Å². The highest BCUT2D eigenvalue weighted by atomic mass is 16.6. The van der Waals surface area contributed by atoms with E-state index < -0.39 is 0 Å². The maximum atomic E-state index is 13.8. The van der Waals surface area contributed by atoms with Crippen LogP contribution in [0.3, 0.4) is 0 Å². The molecule has 0 aliphatic carbocycles. The fraction of sp³-hybridized carbons (Fsp3) is 0.481. The first-order valence-electron chi connectivity index (χ1n) is 11.6. The van der Waals surface area contributed by atoms with Gasteiger partial charge in [-0.2, -0.15) is 0 Å². The van der Waals surface area contributed by atoms with Crippen LogP contribution >= 0.6 is 0 Å². The lowest BCUT2D eigenvalue weighted by molar-refractivity contribution is 0.0270. The summed E-state index contributed by atoms with van der Waals surface area (Å²) in [6, 6.07) is 9.07. The molecule has 0 aromatic heterocycles. The van der Waals surface area contributed by atoms with Gasteiger partial charge in [0.1, 0.15) is 13.2 Å². The molecule has 2 aromatic carbocycles. The smallest absolute Gasteiger partial charge is 0.272 e. The third kappa shape index (κ3) is 5.49. The highest BCUT2D eigenvalue weighted by molar-refractivity contribution is 6.00. The molecule has 0 fully saturated rings. The van der Waals surface area contributed by atoms with Crippen LogP contribution < -0.4 is 14.9 Å². The Bertz CT molecular complexity index is 1020. The van der Waals surface area contributed by atoms with E-state index in [2.05, 4.69) is 33.1 Å². The van der Waals surface area contributed by atoms with Gasteiger partial charge in [0.2, 0.25) is 0 Å². The SMILES string of the molecule is CCC[C@@H](N(NC(=O)c1ccc2c(c1C)OCCO2)C(=O)c1cc(C)cc(C)c1)C(C)(C)C. The molecule has 0 saturated carbocycles. The zero-order valence-electron chi connectivity index (χ0n) is 20.9. The van der Waals surface area contributed by atoms with Crippen LogP contribution in [0.1, 0.15) is 77.9 Å². The summed E-state index contributed by atoms with van der Waals surface area (Å²) in [5.74, 6) is 0.672. The Morgan fingerprint density at radius 1 is 1.03 bits per heavy atom. The van der Waals surface area contributed by atoms with Gasteiger partial charge in [-0.1, -0.05) is 51.3 Å². The Hall–Kier alpha value is -3.02. The number of amides is 2. The summed E-state index contributed by atoms with van der Waals surface area (Å²) in [5.41, 5.74) is 6.47. The first kappa shape index (κ1) is 24.6. The van der Waals surface area contributed by atoms with Crippen molar-refractivity contribution in [2.75, 3.05) is 13.2 Å². The third-order valence-electron chi connectivity index (χ3n) is 5.98. The zero-order valence-corrected chi connectivity index (χ0v) is 20.9. The van der Waals surface area contributed by atoms with Crippen molar-refractivity contribution in [3.05, 3.63) is 58.1 Å². The standard InChI is InChI=1S/C27H36N2O4/c1-8-9-23(27(5,6)7)29(26(31)20-15-17(2)14-18(3)16-20)28-25(30)21-10-11-22-24(19(21)4)33-13-12-32-22/h10-11,14-16,23H,8-9,12-13H2,1-7H3,(H,28,30)/t23-/m1/s1. The van der Waals surface area contributed by atoms with E-state index in [1.807, 2.05) is 39.0 Å². The topological polar surface area (TPSA) is 67.9 Å². The lowest BCUT2D eigenvalue weighted by atomic mass is 9.83. The number of hydrogen-bond acceptors (Lipinski definition) is 4. The van der Waals surface area contributed by atoms with Gasteiger partial charge < -0.3 is 9.47 Å². The Morgan fingerprint density at radius 2 is 1.67 bits per heavy atom. The minimum atomic E-state index is -0.340. The number of nitrogens with one attached hydrogen (secondary N) is 1. The van der Waals surface area contributed by atoms with E-state index in [1.165, 1.54) is 5.01 Å². The molecule has 0 radical (unpaired) electrons. The Balaban J connectivity index is 2.00. The van der Waals surface area contributed by atoms with Gasteiger partial charge in [-0.25, -0.2) is 5.01 Å². The van der Waals surface area contributed by atoms with Crippen LogP contribution in [0.5, 0.6) is 11.5 Å². The van der Waals surface area contributed by atoms with E-state index in [9.17, 15) is 9.59 Å². The average molecular weight is 453 g/mol. The van der Waals surface area contributed by atoms with Crippen molar-refractivity contribution in [2.24, 2.45) is 5.41 Å². The van der Waals surface area contributed by atoms with Gasteiger partial charge in [-0.15, -0.1) is 0 Å². The molecular weight excluding hydrogens is 416 g/mol. The maximum absolute atomic E-state index is 13.8. The van der Waals surface area contributed by atoms with E-state index >= 15 is 0 Å². The molecule has 178 valence electrons. The summed E-state index contributed by atoms with van der Waals surface area (Å²) < 4.78 is 11.4. The zero-order chi connectivity index (χ0) is 24.3. The van der Waals surface area contributed by atoms with Crippen molar-refractivity contribution < 1.29 is 19.1 Å². The summed E-state index contributed by atoms with van der Waals surface area (Å²) in [6.07, 6.45) is 1.65. The predicted molar refractivity (Wildman–Crippen MR) is 130 cm³/mol. The molecule has 0 saturated heterocycles. The average Bonchev–Trinajstić information content (AvgIpc) is 2.74. The molecule has 1 aliphatic rings. The number of aryl methyl sites for hydroxylation is 2. The first-order chi connectivity index (χ1) is 15.5. The fourth-order valence-corrected chi connectivity index (χ4v) is 4.40. The number of rotatable bonds is 5. The molecule has 1 aliphatic heterocycles. The predicted octanol–water partition coefficient (Wildman–Crippen LogP) is 5.39. The molecule has 33 heavy (non-hydrogen) atoms. The number of hydrogen-bond donors (Lipinski definition) is 1. The van der Waals surface area contributed by atoms with Crippen molar-refractivity contribution in [2.45, 2.75) is 67.3 Å². The molecule has 3 rings (SSSR count). The molecule has 0 unspecified atom stereocenters. The van der Waals surface area contributed by atoms with Crippen molar-refractivity contribution in [1.82, 2.24) is 10.4 Å². The summed E-state index contributed by atoms with van der Waals surface area (Å²) in [6.45, 7) is 15.1. The monoisotopic (exact) mass is 452 g/mol.